The largest absolute Gasteiger partial charge is 0.483 e. The monoisotopic (exact) mass is 405 g/mol. The average molecular weight is 405 g/mol. The van der Waals surface area contributed by atoms with Gasteiger partial charge in [-0.15, -0.1) is 0 Å². The fourth-order valence-electron chi connectivity index (χ4n) is 4.51. The molecule has 0 aliphatic carbocycles. The number of hydrogen-bond acceptors (Lipinski definition) is 4. The van der Waals surface area contributed by atoms with Crippen LogP contribution in [0.15, 0.2) is 36.4 Å². The number of carbonyl (C=O) groups is 1. The summed E-state index contributed by atoms with van der Waals surface area (Å²) in [4.78, 5) is 19.9. The molecule has 0 saturated carbocycles. The molecule has 0 bridgehead atoms. The van der Waals surface area contributed by atoms with Crippen LogP contribution in [0.2, 0.25) is 0 Å². The zero-order valence-corrected chi connectivity index (χ0v) is 17.6. The molecule has 1 saturated heterocycles. The smallest absolute Gasteiger partial charge is 0.254 e. The summed E-state index contributed by atoms with van der Waals surface area (Å²) in [6, 6.07) is 12.3. The number of likely N-dealkylation sites (tertiary alicyclic amines) is 1. The minimum Gasteiger partial charge on any atom is -0.483 e. The molecule has 0 radical (unpaired) electrons. The Balaban J connectivity index is 1.65. The van der Waals surface area contributed by atoms with Gasteiger partial charge in [-0.25, -0.2) is 4.98 Å². The van der Waals surface area contributed by atoms with Crippen LogP contribution in [0.3, 0.4) is 0 Å². The Hall–Kier alpha value is -2.86. The van der Waals surface area contributed by atoms with Crippen molar-refractivity contribution in [2.24, 2.45) is 0 Å². The zero-order chi connectivity index (χ0) is 20.7. The lowest BCUT2D eigenvalue weighted by atomic mass is 9.92. The summed E-state index contributed by atoms with van der Waals surface area (Å²) in [5, 5.41) is 0. The molecular formula is C24H27N3O3. The molecule has 6 nitrogen and oxygen atoms in total. The average Bonchev–Trinajstić information content (AvgIpc) is 3.05. The predicted octanol–water partition coefficient (Wildman–Crippen LogP) is 3.90. The third-order valence-corrected chi connectivity index (χ3v) is 6.26. The van der Waals surface area contributed by atoms with Gasteiger partial charge >= 0.3 is 0 Å². The van der Waals surface area contributed by atoms with E-state index in [1.165, 1.54) is 0 Å². The van der Waals surface area contributed by atoms with Crippen molar-refractivity contribution >= 4 is 16.9 Å². The molecule has 2 aliphatic rings. The number of benzene rings is 2. The second-order valence-electron chi connectivity index (χ2n) is 8.10. The van der Waals surface area contributed by atoms with Gasteiger partial charge in [0.25, 0.3) is 5.91 Å². The summed E-state index contributed by atoms with van der Waals surface area (Å²) < 4.78 is 14.1. The Morgan fingerprint density at radius 1 is 1.27 bits per heavy atom. The molecule has 30 heavy (non-hydrogen) atoms. The molecule has 0 N–H and O–H groups in total. The molecule has 1 atom stereocenters. The van der Waals surface area contributed by atoms with Crippen LogP contribution in [-0.2, 0) is 17.7 Å². The lowest BCUT2D eigenvalue weighted by molar-refractivity contribution is 0.0648. The quantitative estimate of drug-likeness (QED) is 0.646. The van der Waals surface area contributed by atoms with Crippen molar-refractivity contribution in [3.63, 3.8) is 0 Å². The fraction of sp³-hybridized carbons (Fsp3) is 0.417. The van der Waals surface area contributed by atoms with Crippen LogP contribution in [0.5, 0.6) is 5.75 Å². The number of fused-ring (bicyclic) bond motifs is 3. The van der Waals surface area contributed by atoms with E-state index in [-0.39, 0.29) is 12.0 Å². The number of imidazole rings is 1. The maximum absolute atomic E-state index is 13.2. The zero-order valence-electron chi connectivity index (χ0n) is 17.6. The summed E-state index contributed by atoms with van der Waals surface area (Å²) in [6.07, 6.45) is 2.72. The predicted molar refractivity (Wildman–Crippen MR) is 115 cm³/mol. The number of nitrogens with zero attached hydrogens (tertiary/aromatic N) is 3. The summed E-state index contributed by atoms with van der Waals surface area (Å²) >= 11 is 0. The first-order valence-corrected chi connectivity index (χ1v) is 10.7. The molecule has 156 valence electrons. The third kappa shape index (κ3) is 3.16. The second kappa shape index (κ2) is 7.76. The highest BCUT2D eigenvalue weighted by Gasteiger charge is 2.32. The lowest BCUT2D eigenvalue weighted by Gasteiger charge is -2.33. The van der Waals surface area contributed by atoms with Crippen molar-refractivity contribution < 1.29 is 14.3 Å². The summed E-state index contributed by atoms with van der Waals surface area (Å²) in [5.41, 5.74) is 4.72. The van der Waals surface area contributed by atoms with Gasteiger partial charge in [-0.3, -0.25) is 4.79 Å². The van der Waals surface area contributed by atoms with Crippen LogP contribution in [0.25, 0.3) is 11.0 Å². The van der Waals surface area contributed by atoms with Gasteiger partial charge in [0, 0.05) is 37.9 Å². The van der Waals surface area contributed by atoms with Gasteiger partial charge in [-0.2, -0.15) is 0 Å². The van der Waals surface area contributed by atoms with E-state index in [4.69, 9.17) is 14.5 Å². The van der Waals surface area contributed by atoms with E-state index in [9.17, 15) is 4.79 Å². The van der Waals surface area contributed by atoms with E-state index < -0.39 is 0 Å². The molecule has 1 amide bonds. The van der Waals surface area contributed by atoms with E-state index in [2.05, 4.69) is 16.7 Å². The number of methoxy groups -OCH3 is 1. The van der Waals surface area contributed by atoms with Crippen molar-refractivity contribution in [3.8, 4) is 5.75 Å². The van der Waals surface area contributed by atoms with Crippen molar-refractivity contribution in [1.29, 1.82) is 0 Å². The van der Waals surface area contributed by atoms with Crippen LogP contribution >= 0.6 is 0 Å². The Morgan fingerprint density at radius 3 is 2.77 bits per heavy atom. The number of aromatic nitrogens is 2. The van der Waals surface area contributed by atoms with Crippen LogP contribution in [0.4, 0.5) is 0 Å². The van der Waals surface area contributed by atoms with Crippen LogP contribution in [0.1, 0.15) is 46.3 Å². The van der Waals surface area contributed by atoms with Gasteiger partial charge in [-0.1, -0.05) is 30.3 Å². The van der Waals surface area contributed by atoms with E-state index >= 15 is 0 Å². The molecule has 0 spiro atoms. The molecule has 1 fully saturated rings. The van der Waals surface area contributed by atoms with Gasteiger partial charge in [0.2, 0.25) is 0 Å². The Bertz CT molecular complexity index is 1090. The van der Waals surface area contributed by atoms with Crippen LogP contribution < -0.4 is 4.74 Å². The fourth-order valence-corrected chi connectivity index (χ4v) is 4.51. The van der Waals surface area contributed by atoms with Crippen molar-refractivity contribution in [2.75, 3.05) is 26.8 Å². The van der Waals surface area contributed by atoms with Gasteiger partial charge in [0.1, 0.15) is 23.2 Å². The number of rotatable bonds is 5. The second-order valence-corrected chi connectivity index (χ2v) is 8.10. The SMILES string of the molecule is COCCn1c(C)nc2cc(C(=O)N3CCC3)c3c(c21)OC(c1ccccc1)CC3. The topological polar surface area (TPSA) is 56.6 Å². The van der Waals surface area contributed by atoms with Gasteiger partial charge in [0.15, 0.2) is 0 Å². The molecule has 2 aliphatic heterocycles. The Labute approximate surface area is 176 Å². The molecule has 5 rings (SSSR count). The van der Waals surface area contributed by atoms with Crippen LogP contribution in [-0.4, -0.2) is 47.2 Å². The molecule has 1 unspecified atom stereocenters. The first-order valence-electron chi connectivity index (χ1n) is 10.7. The minimum absolute atomic E-state index is 0.0256. The number of carbonyl (C=O) groups excluding carboxylic acids is 1. The van der Waals surface area contributed by atoms with E-state index in [0.29, 0.717) is 13.2 Å². The maximum Gasteiger partial charge on any atom is 0.254 e. The van der Waals surface area contributed by atoms with Gasteiger partial charge in [-0.05, 0) is 37.8 Å². The first-order chi connectivity index (χ1) is 14.7. The maximum atomic E-state index is 13.2. The molecular weight excluding hydrogens is 378 g/mol. The van der Waals surface area contributed by atoms with Crippen molar-refractivity contribution in [2.45, 2.75) is 38.8 Å². The molecule has 3 aromatic rings. The highest BCUT2D eigenvalue weighted by atomic mass is 16.5. The highest BCUT2D eigenvalue weighted by Crippen LogP contribution is 2.42. The third-order valence-electron chi connectivity index (χ3n) is 6.26. The molecule has 2 aromatic carbocycles. The first kappa shape index (κ1) is 19.1. The standard InChI is InChI=1S/C24H27N3O3/c1-16-25-20-15-19(24(28)26-11-6-12-26)18-9-10-21(17-7-4-3-5-8-17)30-23(18)22(20)27(16)13-14-29-2/h3-5,7-8,15,21H,6,9-14H2,1-2H3. The van der Waals surface area contributed by atoms with E-state index in [0.717, 1.165) is 71.6 Å². The van der Waals surface area contributed by atoms with E-state index in [1.54, 1.807) is 7.11 Å². The molecule has 3 heterocycles. The summed E-state index contributed by atoms with van der Waals surface area (Å²) in [5.74, 6) is 1.82. The van der Waals surface area contributed by atoms with Crippen molar-refractivity contribution in [3.05, 3.63) is 58.9 Å². The number of amides is 1. The number of hydrogen-bond donors (Lipinski definition) is 0. The normalized spacial score (nSPS) is 18.1. The summed E-state index contributed by atoms with van der Waals surface area (Å²) in [6.45, 7) is 4.96. The Morgan fingerprint density at radius 2 is 2.07 bits per heavy atom. The van der Waals surface area contributed by atoms with Gasteiger partial charge in [0.05, 0.1) is 12.1 Å². The van der Waals surface area contributed by atoms with E-state index in [1.807, 2.05) is 36.1 Å². The Kier molecular flexibility index (Phi) is 4.95. The molecule has 6 heteroatoms. The van der Waals surface area contributed by atoms with Gasteiger partial charge < -0.3 is 18.9 Å². The molecule has 1 aromatic heterocycles. The minimum atomic E-state index is -0.0256. The number of aryl methyl sites for hydroxylation is 1. The number of ether oxygens (including phenoxy) is 2. The summed E-state index contributed by atoms with van der Waals surface area (Å²) in [7, 11) is 1.70. The van der Waals surface area contributed by atoms with Crippen LogP contribution in [0, 0.1) is 6.92 Å². The lowest BCUT2D eigenvalue weighted by Crippen LogP contribution is -2.42. The van der Waals surface area contributed by atoms with Crippen molar-refractivity contribution in [1.82, 2.24) is 14.5 Å². The highest BCUT2D eigenvalue weighted by molar-refractivity contribution is 6.02.